The molecule has 2 aromatic carbocycles. The summed E-state index contributed by atoms with van der Waals surface area (Å²) < 4.78 is 27.9. The van der Waals surface area contributed by atoms with Gasteiger partial charge in [0.15, 0.2) is 0 Å². The Morgan fingerprint density at radius 2 is 1.89 bits per heavy atom. The first-order valence-electron chi connectivity index (χ1n) is 13.3. The number of carbonyl (C=O) groups is 2. The number of amides is 2. The molecule has 0 radical (unpaired) electrons. The number of fused-ring (bicyclic) bond motifs is 1. The summed E-state index contributed by atoms with van der Waals surface area (Å²) in [6, 6.07) is 12.0. The number of carbonyl (C=O) groups excluding carboxylic acids is 2. The van der Waals surface area contributed by atoms with Gasteiger partial charge in [-0.15, -0.1) is 0 Å². The Bertz CT molecular complexity index is 1260. The molecular weight excluding hydrogens is 488 g/mol. The lowest BCUT2D eigenvalue weighted by Gasteiger charge is -2.34. The first-order valence-corrected chi connectivity index (χ1v) is 14.8. The number of hydrogen-bond donors (Lipinski definition) is 3. The Labute approximate surface area is 219 Å². The van der Waals surface area contributed by atoms with E-state index in [1.165, 1.54) is 28.3 Å². The zero-order valence-corrected chi connectivity index (χ0v) is 22.1. The van der Waals surface area contributed by atoms with Crippen LogP contribution in [0.3, 0.4) is 0 Å². The van der Waals surface area contributed by atoms with E-state index in [-0.39, 0.29) is 36.4 Å². The molecule has 0 saturated carbocycles. The maximum atomic E-state index is 13.4. The Balaban J connectivity index is 1.30. The van der Waals surface area contributed by atoms with E-state index in [4.69, 9.17) is 0 Å². The van der Waals surface area contributed by atoms with E-state index in [0.29, 0.717) is 5.92 Å². The van der Waals surface area contributed by atoms with Crippen molar-refractivity contribution in [1.82, 2.24) is 20.3 Å². The van der Waals surface area contributed by atoms with Crippen LogP contribution in [-0.2, 0) is 26.0 Å². The fourth-order valence-corrected chi connectivity index (χ4v) is 7.41. The van der Waals surface area contributed by atoms with Gasteiger partial charge in [-0.2, -0.15) is 4.31 Å². The normalized spacial score (nSPS) is 24.7. The fourth-order valence-electron chi connectivity index (χ4n) is 5.82. The van der Waals surface area contributed by atoms with Gasteiger partial charge < -0.3 is 16.0 Å². The number of hydrogen-bond acceptors (Lipinski definition) is 5. The average molecular weight is 525 g/mol. The second-order valence-electron chi connectivity index (χ2n) is 10.5. The number of aryl methyl sites for hydroxylation is 2. The van der Waals surface area contributed by atoms with E-state index in [9.17, 15) is 18.0 Å². The molecule has 3 atom stereocenters. The van der Waals surface area contributed by atoms with Crippen molar-refractivity contribution < 1.29 is 18.0 Å². The number of benzene rings is 2. The van der Waals surface area contributed by atoms with Crippen LogP contribution in [0.5, 0.6) is 0 Å². The molecule has 8 nitrogen and oxygen atoms in total. The molecule has 37 heavy (non-hydrogen) atoms. The number of piperazine rings is 1. The Morgan fingerprint density at radius 3 is 2.65 bits per heavy atom. The third-order valence-electron chi connectivity index (χ3n) is 7.87. The lowest BCUT2D eigenvalue weighted by atomic mass is 9.83. The molecule has 2 saturated heterocycles. The minimum absolute atomic E-state index is 0.128. The molecule has 2 heterocycles. The molecule has 0 aromatic heterocycles. The molecule has 2 aliphatic heterocycles. The molecule has 0 bridgehead atoms. The molecule has 0 spiro atoms. The second kappa shape index (κ2) is 10.9. The van der Waals surface area contributed by atoms with Crippen LogP contribution in [0.25, 0.3) is 0 Å². The summed E-state index contributed by atoms with van der Waals surface area (Å²) in [5.74, 6) is -0.225. The van der Waals surface area contributed by atoms with Crippen LogP contribution >= 0.6 is 0 Å². The molecule has 1 aliphatic carbocycles. The molecule has 3 aliphatic rings. The van der Waals surface area contributed by atoms with Crippen molar-refractivity contribution in [3.8, 4) is 0 Å². The maximum Gasteiger partial charge on any atom is 0.243 e. The summed E-state index contributed by atoms with van der Waals surface area (Å²) in [6.45, 7) is 4.32. The molecule has 2 amide bonds. The molecule has 198 valence electrons. The fraction of sp³-hybridized carbons (Fsp3) is 0.500. The summed E-state index contributed by atoms with van der Waals surface area (Å²) in [7, 11) is -3.92. The standard InChI is InChI=1S/C28H36N4O4S/c1-19-7-10-23(11-8-19)37(35,36)32-15-14-30-28(34)26(32)17-27(33)31-25-6-2-4-21-16-20(9-12-24(21)25)22-5-3-13-29-18-22/h7-12,16,22,25-26,29H,2-6,13-15,17-18H2,1H3,(H,30,34)(H,31,33)/t22-,25+,26?/m0/s1. The van der Waals surface area contributed by atoms with Gasteiger partial charge in [0.05, 0.1) is 17.4 Å². The van der Waals surface area contributed by atoms with E-state index >= 15 is 0 Å². The van der Waals surface area contributed by atoms with Crippen LogP contribution in [0.15, 0.2) is 47.4 Å². The van der Waals surface area contributed by atoms with Crippen LogP contribution in [0.4, 0.5) is 0 Å². The summed E-state index contributed by atoms with van der Waals surface area (Å²) in [4.78, 5) is 26.1. The summed E-state index contributed by atoms with van der Waals surface area (Å²) in [5, 5.41) is 9.32. The monoisotopic (exact) mass is 524 g/mol. The van der Waals surface area contributed by atoms with Gasteiger partial charge in [0.2, 0.25) is 21.8 Å². The minimum Gasteiger partial charge on any atom is -0.353 e. The van der Waals surface area contributed by atoms with Gasteiger partial charge in [-0.25, -0.2) is 8.42 Å². The van der Waals surface area contributed by atoms with Crippen molar-refractivity contribution >= 4 is 21.8 Å². The topological polar surface area (TPSA) is 108 Å². The zero-order chi connectivity index (χ0) is 26.0. The molecule has 2 fully saturated rings. The molecule has 3 N–H and O–H groups in total. The first-order chi connectivity index (χ1) is 17.8. The smallest absolute Gasteiger partial charge is 0.243 e. The first kappa shape index (κ1) is 25.9. The summed E-state index contributed by atoms with van der Waals surface area (Å²) in [6.07, 6.45) is 4.95. The van der Waals surface area contributed by atoms with Crippen molar-refractivity contribution in [1.29, 1.82) is 0 Å². The lowest BCUT2D eigenvalue weighted by Crippen LogP contribution is -2.58. The second-order valence-corrected chi connectivity index (χ2v) is 12.3. The van der Waals surface area contributed by atoms with E-state index in [1.807, 2.05) is 6.92 Å². The van der Waals surface area contributed by atoms with Gasteiger partial charge in [0, 0.05) is 19.6 Å². The number of rotatable bonds is 6. The zero-order valence-electron chi connectivity index (χ0n) is 21.3. The highest BCUT2D eigenvalue weighted by atomic mass is 32.2. The average Bonchev–Trinajstić information content (AvgIpc) is 2.90. The van der Waals surface area contributed by atoms with E-state index in [2.05, 4.69) is 34.1 Å². The van der Waals surface area contributed by atoms with Crippen LogP contribution in [0.2, 0.25) is 0 Å². The van der Waals surface area contributed by atoms with Gasteiger partial charge in [-0.3, -0.25) is 9.59 Å². The van der Waals surface area contributed by atoms with Crippen molar-refractivity contribution in [3.63, 3.8) is 0 Å². The quantitative estimate of drug-likeness (QED) is 0.538. The number of piperidine rings is 1. The highest BCUT2D eigenvalue weighted by Gasteiger charge is 2.40. The molecule has 5 rings (SSSR count). The van der Waals surface area contributed by atoms with Crippen LogP contribution in [0, 0.1) is 6.92 Å². The highest BCUT2D eigenvalue weighted by molar-refractivity contribution is 7.89. The highest BCUT2D eigenvalue weighted by Crippen LogP contribution is 2.33. The van der Waals surface area contributed by atoms with E-state index < -0.39 is 22.0 Å². The lowest BCUT2D eigenvalue weighted by molar-refractivity contribution is -0.132. The third-order valence-corrected chi connectivity index (χ3v) is 9.80. The minimum atomic E-state index is -3.92. The third kappa shape index (κ3) is 5.58. The van der Waals surface area contributed by atoms with Crippen LogP contribution in [-0.4, -0.2) is 56.8 Å². The van der Waals surface area contributed by atoms with Gasteiger partial charge in [0.25, 0.3) is 0 Å². The number of nitrogens with zero attached hydrogens (tertiary/aromatic N) is 1. The van der Waals surface area contributed by atoms with Gasteiger partial charge in [-0.1, -0.05) is 35.9 Å². The van der Waals surface area contributed by atoms with Crippen molar-refractivity contribution in [2.75, 3.05) is 26.2 Å². The molecule has 2 aromatic rings. The molecule has 1 unspecified atom stereocenters. The summed E-state index contributed by atoms with van der Waals surface area (Å²) in [5.41, 5.74) is 4.71. The maximum absolute atomic E-state index is 13.4. The Morgan fingerprint density at radius 1 is 1.08 bits per heavy atom. The predicted molar refractivity (Wildman–Crippen MR) is 142 cm³/mol. The largest absolute Gasteiger partial charge is 0.353 e. The predicted octanol–water partition coefficient (Wildman–Crippen LogP) is 2.54. The van der Waals surface area contributed by atoms with E-state index in [0.717, 1.165) is 43.5 Å². The van der Waals surface area contributed by atoms with Gasteiger partial charge >= 0.3 is 0 Å². The SMILES string of the molecule is Cc1ccc(S(=O)(=O)N2CCNC(=O)C2CC(=O)N[C@@H]2CCCc3cc([C@H]4CCCNC4)ccc32)cc1. The summed E-state index contributed by atoms with van der Waals surface area (Å²) >= 11 is 0. The number of sulfonamides is 1. The van der Waals surface area contributed by atoms with E-state index in [1.54, 1.807) is 24.3 Å². The van der Waals surface area contributed by atoms with Crippen molar-refractivity contribution in [2.24, 2.45) is 0 Å². The Kier molecular flexibility index (Phi) is 7.65. The number of nitrogens with one attached hydrogen (secondary N) is 3. The van der Waals surface area contributed by atoms with Crippen LogP contribution < -0.4 is 16.0 Å². The van der Waals surface area contributed by atoms with Crippen molar-refractivity contribution in [2.45, 2.75) is 68.3 Å². The Hall–Kier alpha value is -2.75. The molecular formula is C28H36N4O4S. The van der Waals surface area contributed by atoms with Crippen molar-refractivity contribution in [3.05, 3.63) is 64.7 Å². The van der Waals surface area contributed by atoms with Crippen LogP contribution in [0.1, 0.15) is 66.3 Å². The molecule has 9 heteroatoms. The van der Waals surface area contributed by atoms with Gasteiger partial charge in [0.1, 0.15) is 6.04 Å². The van der Waals surface area contributed by atoms with Gasteiger partial charge in [-0.05, 0) is 80.3 Å².